The summed E-state index contributed by atoms with van der Waals surface area (Å²) in [6.07, 6.45) is 7.62. The Bertz CT molecular complexity index is 442. The summed E-state index contributed by atoms with van der Waals surface area (Å²) < 4.78 is 10.6. The first-order chi connectivity index (χ1) is 9.67. The number of benzene rings is 1. The van der Waals surface area contributed by atoms with Crippen molar-refractivity contribution < 1.29 is 9.47 Å². The third kappa shape index (κ3) is 3.39. The molecule has 0 aromatic heterocycles. The summed E-state index contributed by atoms with van der Waals surface area (Å²) in [7, 11) is 3.21. The van der Waals surface area contributed by atoms with E-state index in [0.717, 1.165) is 5.56 Å². The minimum Gasteiger partial charge on any atom is -0.493 e. The lowest BCUT2D eigenvalue weighted by Crippen LogP contribution is -2.21. The van der Waals surface area contributed by atoms with Crippen LogP contribution in [0.3, 0.4) is 0 Å². The monoisotopic (exact) mass is 297 g/mol. The van der Waals surface area contributed by atoms with Crippen molar-refractivity contribution in [3.8, 4) is 11.5 Å². The largest absolute Gasteiger partial charge is 0.493 e. The fourth-order valence-corrected chi connectivity index (χ4v) is 3.37. The molecule has 0 heterocycles. The van der Waals surface area contributed by atoms with E-state index in [4.69, 9.17) is 26.8 Å². The Morgan fingerprint density at radius 2 is 1.75 bits per heavy atom. The molecule has 1 atom stereocenters. The average Bonchev–Trinajstić information content (AvgIpc) is 2.74. The number of rotatable bonds is 4. The van der Waals surface area contributed by atoms with E-state index in [2.05, 4.69) is 0 Å². The number of ether oxygens (including phenoxy) is 2. The van der Waals surface area contributed by atoms with E-state index in [0.29, 0.717) is 22.4 Å². The van der Waals surface area contributed by atoms with Gasteiger partial charge < -0.3 is 15.2 Å². The molecule has 2 rings (SSSR count). The molecule has 0 saturated heterocycles. The molecule has 0 bridgehead atoms. The molecule has 0 amide bonds. The normalized spacial score (nSPS) is 18.4. The Kier molecular flexibility index (Phi) is 5.55. The Hall–Kier alpha value is -0.930. The zero-order valence-corrected chi connectivity index (χ0v) is 13.1. The molecule has 20 heavy (non-hydrogen) atoms. The second-order valence-electron chi connectivity index (χ2n) is 5.52. The molecule has 1 saturated carbocycles. The average molecular weight is 298 g/mol. The van der Waals surface area contributed by atoms with E-state index in [-0.39, 0.29) is 6.04 Å². The third-order valence-electron chi connectivity index (χ3n) is 4.25. The molecule has 0 aliphatic heterocycles. The van der Waals surface area contributed by atoms with Gasteiger partial charge in [-0.3, -0.25) is 0 Å². The smallest absolute Gasteiger partial charge is 0.179 e. The van der Waals surface area contributed by atoms with Crippen molar-refractivity contribution in [2.45, 2.75) is 44.6 Å². The third-order valence-corrected chi connectivity index (χ3v) is 4.53. The fourth-order valence-electron chi connectivity index (χ4n) is 3.07. The standard InChI is InChI=1S/C16H24ClNO2/c1-19-14-10-12(9-13(17)16(14)20-2)15(18)11-7-5-3-4-6-8-11/h9-11,15H,3-8,18H2,1-2H3. The maximum Gasteiger partial charge on any atom is 0.179 e. The molecule has 4 heteroatoms. The van der Waals surface area contributed by atoms with Crippen molar-refractivity contribution in [2.75, 3.05) is 14.2 Å². The quantitative estimate of drug-likeness (QED) is 0.841. The van der Waals surface area contributed by atoms with Gasteiger partial charge in [0.05, 0.1) is 19.2 Å². The zero-order valence-electron chi connectivity index (χ0n) is 12.3. The first kappa shape index (κ1) is 15.5. The van der Waals surface area contributed by atoms with E-state index in [9.17, 15) is 0 Å². The van der Waals surface area contributed by atoms with Crippen LogP contribution >= 0.6 is 11.6 Å². The van der Waals surface area contributed by atoms with Gasteiger partial charge in [0, 0.05) is 6.04 Å². The predicted molar refractivity (Wildman–Crippen MR) is 82.7 cm³/mol. The van der Waals surface area contributed by atoms with E-state index in [1.54, 1.807) is 14.2 Å². The van der Waals surface area contributed by atoms with Crippen LogP contribution in [0, 0.1) is 5.92 Å². The van der Waals surface area contributed by atoms with Crippen LogP contribution in [-0.4, -0.2) is 14.2 Å². The summed E-state index contributed by atoms with van der Waals surface area (Å²) in [6, 6.07) is 3.89. The number of nitrogens with two attached hydrogens (primary N) is 1. The topological polar surface area (TPSA) is 44.5 Å². The molecule has 2 N–H and O–H groups in total. The van der Waals surface area contributed by atoms with Gasteiger partial charge in [0.25, 0.3) is 0 Å². The van der Waals surface area contributed by atoms with E-state index in [1.165, 1.54) is 38.5 Å². The Morgan fingerprint density at radius 3 is 2.30 bits per heavy atom. The highest BCUT2D eigenvalue weighted by Gasteiger charge is 2.23. The lowest BCUT2D eigenvalue weighted by molar-refractivity contribution is 0.350. The van der Waals surface area contributed by atoms with E-state index >= 15 is 0 Å². The second kappa shape index (κ2) is 7.19. The highest BCUT2D eigenvalue weighted by molar-refractivity contribution is 6.32. The molecule has 0 spiro atoms. The Labute approximate surface area is 126 Å². The highest BCUT2D eigenvalue weighted by atomic mass is 35.5. The summed E-state index contributed by atoms with van der Waals surface area (Å²) in [4.78, 5) is 0. The Morgan fingerprint density at radius 1 is 1.10 bits per heavy atom. The number of halogens is 1. The van der Waals surface area contributed by atoms with Crippen LogP contribution in [0.25, 0.3) is 0 Å². The SMILES string of the molecule is COc1cc(C(N)C2CCCCCC2)cc(Cl)c1OC. The Balaban J connectivity index is 2.24. The summed E-state index contributed by atoms with van der Waals surface area (Å²) in [5, 5.41) is 0.561. The second-order valence-corrected chi connectivity index (χ2v) is 5.92. The van der Waals surface area contributed by atoms with Gasteiger partial charge in [-0.25, -0.2) is 0 Å². The van der Waals surface area contributed by atoms with Gasteiger partial charge in [-0.15, -0.1) is 0 Å². The first-order valence-electron chi connectivity index (χ1n) is 7.34. The van der Waals surface area contributed by atoms with Crippen LogP contribution in [0.2, 0.25) is 5.02 Å². The van der Waals surface area contributed by atoms with Crippen molar-refractivity contribution >= 4 is 11.6 Å². The van der Waals surface area contributed by atoms with Gasteiger partial charge in [-0.05, 0) is 36.5 Å². The maximum atomic E-state index is 6.47. The van der Waals surface area contributed by atoms with Crippen LogP contribution < -0.4 is 15.2 Å². The summed E-state index contributed by atoms with van der Waals surface area (Å²) >= 11 is 6.27. The molecule has 3 nitrogen and oxygen atoms in total. The molecule has 1 aromatic rings. The molecule has 0 radical (unpaired) electrons. The fraction of sp³-hybridized carbons (Fsp3) is 0.625. The molecule has 1 aliphatic rings. The van der Waals surface area contributed by atoms with Crippen molar-refractivity contribution in [2.24, 2.45) is 11.7 Å². The van der Waals surface area contributed by atoms with Crippen molar-refractivity contribution in [1.29, 1.82) is 0 Å². The van der Waals surface area contributed by atoms with Gasteiger partial charge in [0.2, 0.25) is 0 Å². The zero-order chi connectivity index (χ0) is 14.5. The molecule has 1 aliphatic carbocycles. The first-order valence-corrected chi connectivity index (χ1v) is 7.72. The van der Waals surface area contributed by atoms with Crippen molar-refractivity contribution in [3.05, 3.63) is 22.7 Å². The van der Waals surface area contributed by atoms with Gasteiger partial charge in [-0.1, -0.05) is 37.3 Å². The number of hydrogen-bond donors (Lipinski definition) is 1. The minimum absolute atomic E-state index is 0.0189. The molecular formula is C16H24ClNO2. The molecule has 1 unspecified atom stereocenters. The van der Waals surface area contributed by atoms with Crippen LogP contribution in [0.15, 0.2) is 12.1 Å². The van der Waals surface area contributed by atoms with Crippen LogP contribution in [0.4, 0.5) is 0 Å². The van der Waals surface area contributed by atoms with Crippen molar-refractivity contribution in [3.63, 3.8) is 0 Å². The van der Waals surface area contributed by atoms with Gasteiger partial charge >= 0.3 is 0 Å². The molecule has 1 aromatic carbocycles. The lowest BCUT2D eigenvalue weighted by Gasteiger charge is -2.24. The summed E-state index contributed by atoms with van der Waals surface area (Å²) in [5.41, 5.74) is 7.51. The molecule has 112 valence electrons. The van der Waals surface area contributed by atoms with E-state index < -0.39 is 0 Å². The highest BCUT2D eigenvalue weighted by Crippen LogP contribution is 2.40. The molecule has 1 fully saturated rings. The van der Waals surface area contributed by atoms with Crippen molar-refractivity contribution in [1.82, 2.24) is 0 Å². The van der Waals surface area contributed by atoms with Crippen LogP contribution in [0.1, 0.15) is 50.1 Å². The van der Waals surface area contributed by atoms with E-state index in [1.807, 2.05) is 12.1 Å². The number of hydrogen-bond acceptors (Lipinski definition) is 3. The predicted octanol–water partition coefficient (Wildman–Crippen LogP) is 4.33. The summed E-state index contributed by atoms with van der Waals surface area (Å²) in [5.74, 6) is 1.76. The summed E-state index contributed by atoms with van der Waals surface area (Å²) in [6.45, 7) is 0. The van der Waals surface area contributed by atoms with Crippen LogP contribution in [-0.2, 0) is 0 Å². The minimum atomic E-state index is 0.0189. The maximum absolute atomic E-state index is 6.47. The molecular weight excluding hydrogens is 274 g/mol. The van der Waals surface area contributed by atoms with Crippen LogP contribution in [0.5, 0.6) is 11.5 Å². The van der Waals surface area contributed by atoms with Gasteiger partial charge in [-0.2, -0.15) is 0 Å². The van der Waals surface area contributed by atoms with Gasteiger partial charge in [0.15, 0.2) is 11.5 Å². The lowest BCUT2D eigenvalue weighted by atomic mass is 9.88. The van der Waals surface area contributed by atoms with Gasteiger partial charge in [0.1, 0.15) is 0 Å². The number of methoxy groups -OCH3 is 2.